The van der Waals surface area contributed by atoms with Crippen molar-refractivity contribution in [2.45, 2.75) is 68.7 Å². The lowest BCUT2D eigenvalue weighted by molar-refractivity contribution is -0.144. The van der Waals surface area contributed by atoms with Gasteiger partial charge in [0, 0.05) is 13.1 Å². The van der Waals surface area contributed by atoms with Gasteiger partial charge in [-0.1, -0.05) is 0 Å². The molecule has 8 amide bonds. The first-order valence-electron chi connectivity index (χ1n) is 15.9. The number of carboxylic acid groups (broad SMARTS) is 2. The molecular weight excluding hydrogens is 698 g/mol. The van der Waals surface area contributed by atoms with Crippen LogP contribution in [0.3, 0.4) is 0 Å². The summed E-state index contributed by atoms with van der Waals surface area (Å²) < 4.78 is 0. The van der Waals surface area contributed by atoms with Gasteiger partial charge in [-0.15, -0.1) is 0 Å². The number of fused-ring (bicyclic) bond motifs is 1. The zero-order chi connectivity index (χ0) is 39.0. The molecule has 2 aliphatic heterocycles. The van der Waals surface area contributed by atoms with E-state index in [-0.39, 0.29) is 44.7 Å². The third kappa shape index (κ3) is 14.0. The normalized spacial score (nSPS) is 24.2. The number of hydrogen-bond acceptors (Lipinski definition) is 12. The van der Waals surface area contributed by atoms with Crippen LogP contribution in [0, 0.1) is 0 Å². The van der Waals surface area contributed by atoms with Crippen LogP contribution in [-0.4, -0.2) is 155 Å². The standard InChI is InChI=1S/C28H43N11O13/c29-28(30)31-5-1-3-13-23(48)33-10-20(43)36-15(8-21(44)45)25(50)38-16(12-40)27(52)39-6-2-4-17(39)26(51)37-14(24(49)34-11-22(46)47)7-18(41)32-9-19(42)35-13/h13-17,40H,1-12H2,(H,32,41)(H,33,48)(H,34,49)(H,35,42)(H,36,43)(H,37,51)(H,38,50)(H,44,45)(H,46,47)(H4,29,30,31)/t13-,14-,15-,16-,17-/m0/s1. The summed E-state index contributed by atoms with van der Waals surface area (Å²) in [6.07, 6.45) is -1.43. The van der Waals surface area contributed by atoms with Gasteiger partial charge in [-0.2, -0.15) is 0 Å². The number of aliphatic hydroxyl groups excluding tert-OH is 1. The maximum atomic E-state index is 13.4. The molecule has 52 heavy (non-hydrogen) atoms. The van der Waals surface area contributed by atoms with Crippen molar-refractivity contribution >= 4 is 65.2 Å². The average molecular weight is 742 g/mol. The van der Waals surface area contributed by atoms with E-state index in [9.17, 15) is 58.2 Å². The number of nitrogens with zero attached hydrogens (tertiary/aromatic N) is 2. The van der Waals surface area contributed by atoms with Crippen LogP contribution < -0.4 is 48.7 Å². The molecule has 0 radical (unpaired) electrons. The summed E-state index contributed by atoms with van der Waals surface area (Å²) in [4.78, 5) is 131. The third-order valence-corrected chi connectivity index (χ3v) is 7.57. The van der Waals surface area contributed by atoms with E-state index in [2.05, 4.69) is 36.9 Å². The highest BCUT2D eigenvalue weighted by atomic mass is 16.4. The van der Waals surface area contributed by atoms with Gasteiger partial charge in [0.15, 0.2) is 5.96 Å². The van der Waals surface area contributed by atoms with Crippen LogP contribution in [0.5, 0.6) is 0 Å². The lowest BCUT2D eigenvalue weighted by Crippen LogP contribution is -2.60. The lowest BCUT2D eigenvalue weighted by atomic mass is 10.1. The van der Waals surface area contributed by atoms with Gasteiger partial charge in [-0.05, 0) is 25.7 Å². The van der Waals surface area contributed by atoms with E-state index in [0.717, 1.165) is 4.90 Å². The molecule has 0 unspecified atom stereocenters. The first-order valence-corrected chi connectivity index (χ1v) is 15.9. The molecule has 2 heterocycles. The fourth-order valence-electron chi connectivity index (χ4n) is 5.10. The van der Waals surface area contributed by atoms with Gasteiger partial charge in [0.2, 0.25) is 47.3 Å². The largest absolute Gasteiger partial charge is 0.481 e. The molecule has 24 heteroatoms. The molecule has 2 aliphatic rings. The number of carboxylic acids is 2. The van der Waals surface area contributed by atoms with Crippen LogP contribution in [0.25, 0.3) is 0 Å². The smallest absolute Gasteiger partial charge is 0.322 e. The van der Waals surface area contributed by atoms with E-state index in [1.54, 1.807) is 0 Å². The van der Waals surface area contributed by atoms with Crippen LogP contribution >= 0.6 is 0 Å². The van der Waals surface area contributed by atoms with Crippen LogP contribution in [0.15, 0.2) is 4.99 Å². The Morgan fingerprint density at radius 1 is 0.808 bits per heavy atom. The average Bonchev–Trinajstić information content (AvgIpc) is 3.57. The van der Waals surface area contributed by atoms with Gasteiger partial charge in [0.05, 0.1) is 32.5 Å². The summed E-state index contributed by atoms with van der Waals surface area (Å²) in [5.74, 6) is -11.3. The second-order valence-corrected chi connectivity index (χ2v) is 11.6. The van der Waals surface area contributed by atoms with E-state index in [1.807, 2.05) is 5.32 Å². The van der Waals surface area contributed by atoms with E-state index in [1.165, 1.54) is 0 Å². The maximum Gasteiger partial charge on any atom is 0.322 e. The number of nitrogens with two attached hydrogens (primary N) is 2. The zero-order valence-electron chi connectivity index (χ0n) is 27.8. The predicted molar refractivity (Wildman–Crippen MR) is 173 cm³/mol. The van der Waals surface area contributed by atoms with Crippen LogP contribution in [0.1, 0.15) is 38.5 Å². The highest BCUT2D eigenvalue weighted by molar-refractivity contribution is 5.99. The Hall–Kier alpha value is -6.07. The Balaban J connectivity index is 2.43. The summed E-state index contributed by atoms with van der Waals surface area (Å²) in [6.45, 7) is -3.46. The summed E-state index contributed by atoms with van der Waals surface area (Å²) in [5.41, 5.74) is 10.6. The topological polar surface area (TPSA) is 383 Å². The Kier molecular flexibility index (Phi) is 16.7. The number of carbonyl (C=O) groups excluding carboxylic acids is 8. The van der Waals surface area contributed by atoms with Crippen LogP contribution in [0.4, 0.5) is 0 Å². The fourth-order valence-corrected chi connectivity index (χ4v) is 5.10. The van der Waals surface area contributed by atoms with Crippen molar-refractivity contribution in [2.24, 2.45) is 16.5 Å². The van der Waals surface area contributed by atoms with Crippen molar-refractivity contribution in [1.29, 1.82) is 0 Å². The Bertz CT molecular complexity index is 1440. The molecular formula is C28H43N11O13. The Morgan fingerprint density at radius 2 is 1.46 bits per heavy atom. The quantitative estimate of drug-likeness (QED) is 0.0562. The minimum atomic E-state index is -1.80. The van der Waals surface area contributed by atoms with Crippen molar-refractivity contribution in [2.75, 3.05) is 39.3 Å². The number of rotatable bonds is 10. The lowest BCUT2D eigenvalue weighted by Gasteiger charge is -2.29. The first kappa shape index (κ1) is 42.1. The van der Waals surface area contributed by atoms with Crippen molar-refractivity contribution in [3.8, 4) is 0 Å². The zero-order valence-corrected chi connectivity index (χ0v) is 27.8. The van der Waals surface area contributed by atoms with E-state index < -0.39 is 128 Å². The second-order valence-electron chi connectivity index (χ2n) is 11.6. The van der Waals surface area contributed by atoms with Crippen LogP contribution in [-0.2, 0) is 47.9 Å². The molecule has 2 saturated heterocycles. The molecule has 0 spiro atoms. The molecule has 14 N–H and O–H groups in total. The van der Waals surface area contributed by atoms with Gasteiger partial charge >= 0.3 is 11.9 Å². The molecule has 2 fully saturated rings. The molecule has 0 aromatic heterocycles. The number of aliphatic hydroxyl groups is 1. The van der Waals surface area contributed by atoms with Crippen molar-refractivity contribution in [3.63, 3.8) is 0 Å². The molecule has 288 valence electrons. The van der Waals surface area contributed by atoms with Crippen molar-refractivity contribution < 1.29 is 63.3 Å². The Morgan fingerprint density at radius 3 is 2.08 bits per heavy atom. The third-order valence-electron chi connectivity index (χ3n) is 7.57. The molecule has 5 atom stereocenters. The summed E-state index contributed by atoms with van der Waals surface area (Å²) in [7, 11) is 0. The molecule has 0 aromatic carbocycles. The highest BCUT2D eigenvalue weighted by Crippen LogP contribution is 2.19. The number of carbonyl (C=O) groups is 10. The number of aliphatic imine (C=N–C) groups is 1. The van der Waals surface area contributed by atoms with Crippen molar-refractivity contribution in [3.05, 3.63) is 0 Å². The van der Waals surface area contributed by atoms with Gasteiger partial charge in [-0.3, -0.25) is 52.9 Å². The van der Waals surface area contributed by atoms with E-state index in [4.69, 9.17) is 16.6 Å². The van der Waals surface area contributed by atoms with Gasteiger partial charge in [0.1, 0.15) is 36.8 Å². The molecule has 0 saturated carbocycles. The summed E-state index contributed by atoms with van der Waals surface area (Å²) >= 11 is 0. The van der Waals surface area contributed by atoms with Crippen molar-refractivity contribution in [1.82, 2.24) is 42.1 Å². The number of amides is 8. The minimum Gasteiger partial charge on any atom is -0.481 e. The number of aliphatic carboxylic acids is 2. The molecule has 2 rings (SSSR count). The van der Waals surface area contributed by atoms with Gasteiger partial charge < -0.3 is 68.9 Å². The predicted octanol–water partition coefficient (Wildman–Crippen LogP) is -7.73. The van der Waals surface area contributed by atoms with E-state index in [0.29, 0.717) is 0 Å². The molecule has 0 aromatic rings. The van der Waals surface area contributed by atoms with E-state index >= 15 is 0 Å². The molecule has 0 aliphatic carbocycles. The first-order chi connectivity index (χ1) is 24.5. The number of guanidine groups is 1. The van der Waals surface area contributed by atoms with Crippen LogP contribution in [0.2, 0.25) is 0 Å². The molecule has 0 bridgehead atoms. The fraction of sp³-hybridized carbons (Fsp3) is 0.607. The summed E-state index contributed by atoms with van der Waals surface area (Å²) in [5, 5.41) is 43.7. The van der Waals surface area contributed by atoms with Gasteiger partial charge in [-0.25, -0.2) is 0 Å². The molecule has 24 nitrogen and oxygen atoms in total. The van der Waals surface area contributed by atoms with Gasteiger partial charge in [0.25, 0.3) is 0 Å². The highest BCUT2D eigenvalue weighted by Gasteiger charge is 2.40. The second kappa shape index (κ2) is 20.6. The maximum absolute atomic E-state index is 13.4. The minimum absolute atomic E-state index is 0.0377. The SMILES string of the molecule is NC(N)=NCCC[C@@H]1NC(=O)CNC(=O)C[C@@H](C(=O)NCC(=O)O)NC(=O)[C@@H]2CCCN2C(=O)[C@H](CO)NC(=O)[C@H](CC(=O)O)NC(=O)CNC1=O. The number of hydrogen-bond donors (Lipinski definition) is 12. The Labute approximate surface area is 295 Å². The monoisotopic (exact) mass is 741 g/mol. The summed E-state index contributed by atoms with van der Waals surface area (Å²) in [6, 6.07) is -7.85. The number of nitrogens with one attached hydrogen (secondary N) is 7.